The van der Waals surface area contributed by atoms with E-state index in [-0.39, 0.29) is 5.78 Å². The van der Waals surface area contributed by atoms with Crippen molar-refractivity contribution in [1.82, 2.24) is 5.32 Å². The van der Waals surface area contributed by atoms with Crippen molar-refractivity contribution < 1.29 is 14.3 Å². The van der Waals surface area contributed by atoms with E-state index in [9.17, 15) is 9.59 Å². The van der Waals surface area contributed by atoms with Gasteiger partial charge in [-0.15, -0.1) is 0 Å². The van der Waals surface area contributed by atoms with Crippen molar-refractivity contribution in [3.63, 3.8) is 0 Å². The van der Waals surface area contributed by atoms with Crippen molar-refractivity contribution in [2.45, 2.75) is 45.8 Å². The lowest BCUT2D eigenvalue weighted by Crippen LogP contribution is -2.51. The molecule has 0 aliphatic rings. The Morgan fingerprint density at radius 3 is 2.15 bits per heavy atom. The first kappa shape index (κ1) is 16.0. The van der Waals surface area contributed by atoms with E-state index < -0.39 is 17.2 Å². The van der Waals surface area contributed by atoms with Crippen LogP contribution < -0.4 is 11.1 Å². The van der Waals surface area contributed by atoms with Gasteiger partial charge in [-0.2, -0.15) is 0 Å². The summed E-state index contributed by atoms with van der Waals surface area (Å²) in [5.41, 5.74) is 4.84. The Kier molecular flexibility index (Phi) is 4.43. The minimum absolute atomic E-state index is 0.263. The highest BCUT2D eigenvalue weighted by Gasteiger charge is 2.33. The molecule has 0 fully saturated rings. The highest BCUT2D eigenvalue weighted by Crippen LogP contribution is 2.19. The summed E-state index contributed by atoms with van der Waals surface area (Å²) in [7, 11) is 0. The van der Waals surface area contributed by atoms with Crippen LogP contribution in [-0.4, -0.2) is 23.0 Å². The molecule has 110 valence electrons. The fourth-order valence-electron chi connectivity index (χ4n) is 1.66. The number of nitrogens with two attached hydrogens (primary N) is 1. The van der Waals surface area contributed by atoms with Gasteiger partial charge < -0.3 is 15.8 Å². The largest absolute Gasteiger partial charge is 0.444 e. The first-order chi connectivity index (χ1) is 9.03. The van der Waals surface area contributed by atoms with Crippen molar-refractivity contribution in [2.24, 2.45) is 0 Å². The zero-order valence-electron chi connectivity index (χ0n) is 12.6. The van der Waals surface area contributed by atoms with Crippen LogP contribution in [0.3, 0.4) is 0 Å². The topological polar surface area (TPSA) is 81.4 Å². The predicted molar refractivity (Wildman–Crippen MR) is 78.6 cm³/mol. The van der Waals surface area contributed by atoms with E-state index in [1.54, 1.807) is 58.9 Å². The molecule has 5 heteroatoms. The molecule has 0 unspecified atom stereocenters. The molecule has 0 aliphatic heterocycles. The quantitative estimate of drug-likeness (QED) is 0.658. The van der Waals surface area contributed by atoms with Crippen LogP contribution in [-0.2, 0) is 4.74 Å². The molecule has 0 atom stereocenters. The van der Waals surface area contributed by atoms with E-state index in [4.69, 9.17) is 10.5 Å². The number of nitrogen functional groups attached to an aromatic ring is 1. The summed E-state index contributed by atoms with van der Waals surface area (Å²) in [6, 6.07) is 6.76. The van der Waals surface area contributed by atoms with Gasteiger partial charge >= 0.3 is 6.09 Å². The summed E-state index contributed by atoms with van der Waals surface area (Å²) in [6.45, 7) is 8.52. The maximum absolute atomic E-state index is 12.4. The number of ether oxygens (including phenoxy) is 1. The van der Waals surface area contributed by atoms with Gasteiger partial charge in [0, 0.05) is 11.3 Å². The average molecular weight is 278 g/mol. The Hall–Kier alpha value is -2.04. The predicted octanol–water partition coefficient (Wildman–Crippen LogP) is 2.75. The van der Waals surface area contributed by atoms with E-state index in [1.807, 2.05) is 0 Å². The fourth-order valence-corrected chi connectivity index (χ4v) is 1.66. The van der Waals surface area contributed by atoms with Crippen LogP contribution in [0.25, 0.3) is 0 Å². The molecule has 0 saturated heterocycles. The standard InChI is InChI=1S/C15H22N2O3/c1-14(2,3)20-13(19)17-15(4,5)12(18)10-8-6-7-9-11(10)16/h6-9H,16H2,1-5H3,(H,17,19). The lowest BCUT2D eigenvalue weighted by atomic mass is 9.92. The second kappa shape index (κ2) is 5.53. The molecule has 0 aromatic heterocycles. The van der Waals surface area contributed by atoms with Gasteiger partial charge in [0.1, 0.15) is 11.1 Å². The van der Waals surface area contributed by atoms with Gasteiger partial charge in [0.25, 0.3) is 0 Å². The molecule has 0 spiro atoms. The van der Waals surface area contributed by atoms with Crippen molar-refractivity contribution in [2.75, 3.05) is 5.73 Å². The van der Waals surface area contributed by atoms with Crippen LogP contribution in [0.1, 0.15) is 45.0 Å². The minimum Gasteiger partial charge on any atom is -0.444 e. The number of amides is 1. The van der Waals surface area contributed by atoms with Gasteiger partial charge in [0.15, 0.2) is 5.78 Å². The van der Waals surface area contributed by atoms with Crippen LogP contribution in [0.2, 0.25) is 0 Å². The molecular formula is C15H22N2O3. The van der Waals surface area contributed by atoms with Crippen LogP contribution in [0, 0.1) is 0 Å². The minimum atomic E-state index is -1.10. The molecule has 5 nitrogen and oxygen atoms in total. The fraction of sp³-hybridized carbons (Fsp3) is 0.467. The SMILES string of the molecule is CC(C)(C)OC(=O)NC(C)(C)C(=O)c1ccccc1N. The van der Waals surface area contributed by atoms with E-state index in [0.717, 1.165) is 0 Å². The third-order valence-corrected chi connectivity index (χ3v) is 2.59. The van der Waals surface area contributed by atoms with Crippen molar-refractivity contribution in [3.8, 4) is 0 Å². The van der Waals surface area contributed by atoms with Gasteiger partial charge in [-0.3, -0.25) is 4.79 Å². The summed E-state index contributed by atoms with van der Waals surface area (Å²) in [4.78, 5) is 24.2. The molecular weight excluding hydrogens is 256 g/mol. The number of hydrogen-bond donors (Lipinski definition) is 2. The van der Waals surface area contributed by atoms with E-state index >= 15 is 0 Å². The second-order valence-electron chi connectivity index (χ2n) is 6.17. The summed E-state index contributed by atoms with van der Waals surface area (Å²) in [5, 5.41) is 2.57. The van der Waals surface area contributed by atoms with Gasteiger partial charge in [-0.05, 0) is 46.8 Å². The van der Waals surface area contributed by atoms with Gasteiger partial charge in [0.2, 0.25) is 0 Å². The highest BCUT2D eigenvalue weighted by atomic mass is 16.6. The maximum Gasteiger partial charge on any atom is 0.408 e. The smallest absolute Gasteiger partial charge is 0.408 e. The number of rotatable bonds is 3. The summed E-state index contributed by atoms with van der Waals surface area (Å²) < 4.78 is 5.16. The molecule has 20 heavy (non-hydrogen) atoms. The lowest BCUT2D eigenvalue weighted by molar-refractivity contribution is 0.0454. The molecule has 1 amide bonds. The van der Waals surface area contributed by atoms with Gasteiger partial charge in [0.05, 0.1) is 0 Å². The number of benzene rings is 1. The first-order valence-electron chi connectivity index (χ1n) is 6.43. The molecule has 0 aliphatic carbocycles. The van der Waals surface area contributed by atoms with Crippen LogP contribution in [0.5, 0.6) is 0 Å². The van der Waals surface area contributed by atoms with Crippen molar-refractivity contribution in [3.05, 3.63) is 29.8 Å². The Morgan fingerprint density at radius 1 is 1.10 bits per heavy atom. The zero-order chi connectivity index (χ0) is 15.6. The molecule has 1 rings (SSSR count). The molecule has 0 heterocycles. The van der Waals surface area contributed by atoms with Gasteiger partial charge in [-0.25, -0.2) is 4.79 Å². The zero-order valence-corrected chi connectivity index (χ0v) is 12.6. The highest BCUT2D eigenvalue weighted by molar-refractivity contribution is 6.07. The van der Waals surface area contributed by atoms with E-state index in [0.29, 0.717) is 11.3 Å². The molecule has 0 saturated carbocycles. The van der Waals surface area contributed by atoms with Crippen LogP contribution in [0.15, 0.2) is 24.3 Å². The number of carbonyl (C=O) groups is 2. The first-order valence-corrected chi connectivity index (χ1v) is 6.43. The number of ketones is 1. The molecule has 1 aromatic carbocycles. The number of carbonyl (C=O) groups excluding carboxylic acids is 2. The van der Waals surface area contributed by atoms with Crippen LogP contribution in [0.4, 0.5) is 10.5 Å². The lowest BCUT2D eigenvalue weighted by Gasteiger charge is -2.27. The number of anilines is 1. The van der Waals surface area contributed by atoms with Gasteiger partial charge in [-0.1, -0.05) is 12.1 Å². The Bertz CT molecular complexity index is 516. The number of hydrogen-bond acceptors (Lipinski definition) is 4. The third-order valence-electron chi connectivity index (χ3n) is 2.59. The third kappa shape index (κ3) is 4.26. The molecule has 0 bridgehead atoms. The molecule has 0 radical (unpaired) electrons. The van der Waals surface area contributed by atoms with E-state index in [1.165, 1.54) is 0 Å². The van der Waals surface area contributed by atoms with E-state index in [2.05, 4.69) is 5.32 Å². The number of alkyl carbamates (subject to hydrolysis) is 1. The number of Topliss-reactive ketones (excluding diaryl/α,β-unsaturated/α-hetero) is 1. The maximum atomic E-state index is 12.4. The Balaban J connectivity index is 2.86. The monoisotopic (exact) mass is 278 g/mol. The number of nitrogens with one attached hydrogen (secondary N) is 1. The molecule has 1 aromatic rings. The Labute approximate surface area is 119 Å². The second-order valence-corrected chi connectivity index (χ2v) is 6.17. The summed E-state index contributed by atoms with van der Waals surface area (Å²) in [5.74, 6) is -0.263. The molecule has 3 N–H and O–H groups in total. The van der Waals surface area contributed by atoms with Crippen molar-refractivity contribution >= 4 is 17.6 Å². The average Bonchev–Trinajstić information content (AvgIpc) is 2.25. The summed E-state index contributed by atoms with van der Waals surface area (Å²) in [6.07, 6.45) is -0.634. The Morgan fingerprint density at radius 2 is 1.65 bits per heavy atom. The number of para-hydroxylation sites is 1. The summed E-state index contributed by atoms with van der Waals surface area (Å²) >= 11 is 0. The van der Waals surface area contributed by atoms with Crippen LogP contribution >= 0.6 is 0 Å². The normalized spacial score (nSPS) is 11.8. The van der Waals surface area contributed by atoms with Crippen molar-refractivity contribution in [1.29, 1.82) is 0 Å².